The number of fused-ring (bicyclic) bond motifs is 3. The Kier molecular flexibility index (Phi) is 4.12. The summed E-state index contributed by atoms with van der Waals surface area (Å²) >= 11 is 0. The van der Waals surface area contributed by atoms with Gasteiger partial charge in [-0.1, -0.05) is 18.2 Å². The van der Waals surface area contributed by atoms with E-state index in [9.17, 15) is 10.1 Å². The Hall–Kier alpha value is -3.88. The second-order valence-corrected chi connectivity index (χ2v) is 6.88. The summed E-state index contributed by atoms with van der Waals surface area (Å²) in [6.07, 6.45) is 3.70. The van der Waals surface area contributed by atoms with E-state index in [1.54, 1.807) is 18.4 Å². The molecule has 1 aliphatic heterocycles. The minimum Gasteiger partial charge on any atom is -0.467 e. The fourth-order valence-electron chi connectivity index (χ4n) is 3.86. The standard InChI is InChI=1S/C20H18N6O3/c27-26(28)18-19(21-10-13-4-3-9-29-13)22-12-23-20(18)25-8-7-15-14-5-1-2-6-16(14)24-17(15)11-25/h1-6,9,12,24H,7-8,10-11H2,(H,21,22,23). The van der Waals surface area contributed by atoms with Crippen molar-refractivity contribution in [1.29, 1.82) is 0 Å². The predicted octanol–water partition coefficient (Wildman–Crippen LogP) is 3.63. The van der Waals surface area contributed by atoms with Crippen molar-refractivity contribution in [3.05, 3.63) is 76.1 Å². The van der Waals surface area contributed by atoms with Gasteiger partial charge in [0, 0.05) is 23.1 Å². The van der Waals surface area contributed by atoms with E-state index in [0.717, 1.165) is 17.6 Å². The maximum Gasteiger partial charge on any atom is 0.353 e. The number of rotatable bonds is 5. The lowest BCUT2D eigenvalue weighted by atomic mass is 10.0. The molecule has 0 fully saturated rings. The van der Waals surface area contributed by atoms with Gasteiger partial charge >= 0.3 is 5.69 Å². The summed E-state index contributed by atoms with van der Waals surface area (Å²) in [5, 5.41) is 16.1. The summed E-state index contributed by atoms with van der Waals surface area (Å²) in [6.45, 7) is 1.47. The third-order valence-electron chi connectivity index (χ3n) is 5.18. The molecule has 2 N–H and O–H groups in total. The molecule has 3 aromatic heterocycles. The summed E-state index contributed by atoms with van der Waals surface area (Å²) in [4.78, 5) is 25.1. The number of furan rings is 1. The summed E-state index contributed by atoms with van der Waals surface area (Å²) in [5.41, 5.74) is 3.29. The van der Waals surface area contributed by atoms with E-state index in [0.29, 0.717) is 31.2 Å². The first-order valence-electron chi connectivity index (χ1n) is 9.30. The Labute approximate surface area is 165 Å². The Bertz CT molecular complexity index is 1180. The molecular formula is C20H18N6O3. The maximum absolute atomic E-state index is 11.9. The predicted molar refractivity (Wildman–Crippen MR) is 108 cm³/mol. The molecule has 146 valence electrons. The molecule has 0 saturated carbocycles. The van der Waals surface area contributed by atoms with E-state index in [1.807, 2.05) is 23.1 Å². The van der Waals surface area contributed by atoms with Crippen LogP contribution in [0.1, 0.15) is 17.0 Å². The number of para-hydroxylation sites is 1. The van der Waals surface area contributed by atoms with E-state index in [4.69, 9.17) is 4.42 Å². The molecule has 0 bridgehead atoms. The fraction of sp³-hybridized carbons (Fsp3) is 0.200. The highest BCUT2D eigenvalue weighted by atomic mass is 16.6. The zero-order valence-electron chi connectivity index (χ0n) is 15.5. The van der Waals surface area contributed by atoms with Crippen LogP contribution >= 0.6 is 0 Å². The molecule has 5 rings (SSSR count). The molecule has 0 radical (unpaired) electrons. The summed E-state index contributed by atoms with van der Waals surface area (Å²) in [5.74, 6) is 1.16. The number of aromatic amines is 1. The first-order valence-corrected chi connectivity index (χ1v) is 9.30. The summed E-state index contributed by atoms with van der Waals surface area (Å²) in [7, 11) is 0. The van der Waals surface area contributed by atoms with Crippen LogP contribution in [0, 0.1) is 10.1 Å². The molecule has 1 aromatic carbocycles. The Morgan fingerprint density at radius 3 is 2.97 bits per heavy atom. The van der Waals surface area contributed by atoms with Crippen molar-refractivity contribution in [1.82, 2.24) is 15.0 Å². The molecule has 0 saturated heterocycles. The number of nitro groups is 1. The van der Waals surface area contributed by atoms with Crippen molar-refractivity contribution < 1.29 is 9.34 Å². The van der Waals surface area contributed by atoms with Gasteiger partial charge in [-0.05, 0) is 30.2 Å². The summed E-state index contributed by atoms with van der Waals surface area (Å²) in [6, 6.07) is 11.7. The largest absolute Gasteiger partial charge is 0.467 e. The van der Waals surface area contributed by atoms with Gasteiger partial charge in [-0.3, -0.25) is 10.1 Å². The molecule has 4 heterocycles. The van der Waals surface area contributed by atoms with E-state index in [1.165, 1.54) is 17.3 Å². The highest BCUT2D eigenvalue weighted by Crippen LogP contribution is 2.36. The van der Waals surface area contributed by atoms with Crippen LogP contribution < -0.4 is 10.2 Å². The van der Waals surface area contributed by atoms with Gasteiger partial charge in [0.25, 0.3) is 0 Å². The number of nitrogens with one attached hydrogen (secondary N) is 2. The van der Waals surface area contributed by atoms with Gasteiger partial charge in [0.15, 0.2) is 0 Å². The molecular weight excluding hydrogens is 372 g/mol. The molecule has 0 aliphatic carbocycles. The second kappa shape index (κ2) is 6.93. The zero-order valence-corrected chi connectivity index (χ0v) is 15.5. The van der Waals surface area contributed by atoms with E-state index in [-0.39, 0.29) is 11.5 Å². The average molecular weight is 390 g/mol. The number of hydrogen-bond donors (Lipinski definition) is 2. The molecule has 1 aliphatic rings. The van der Waals surface area contributed by atoms with Gasteiger partial charge in [-0.15, -0.1) is 0 Å². The van der Waals surface area contributed by atoms with Crippen LogP contribution in [0.4, 0.5) is 17.3 Å². The molecule has 29 heavy (non-hydrogen) atoms. The van der Waals surface area contributed by atoms with Crippen LogP contribution in [0.25, 0.3) is 10.9 Å². The smallest absolute Gasteiger partial charge is 0.353 e. The minimum atomic E-state index is -0.430. The van der Waals surface area contributed by atoms with Gasteiger partial charge in [-0.2, -0.15) is 0 Å². The lowest BCUT2D eigenvalue weighted by Crippen LogP contribution is -2.31. The Morgan fingerprint density at radius 1 is 1.24 bits per heavy atom. The normalized spacial score (nSPS) is 13.4. The van der Waals surface area contributed by atoms with Crippen LogP contribution in [0.5, 0.6) is 0 Å². The number of aromatic nitrogens is 3. The monoisotopic (exact) mass is 390 g/mol. The number of H-pyrrole nitrogens is 1. The fourth-order valence-corrected chi connectivity index (χ4v) is 3.86. The lowest BCUT2D eigenvalue weighted by Gasteiger charge is -2.27. The minimum absolute atomic E-state index is 0.126. The second-order valence-electron chi connectivity index (χ2n) is 6.88. The third-order valence-corrected chi connectivity index (χ3v) is 5.18. The van der Waals surface area contributed by atoms with Gasteiger partial charge in [-0.25, -0.2) is 9.97 Å². The Balaban J connectivity index is 1.47. The molecule has 0 amide bonds. The van der Waals surface area contributed by atoms with Gasteiger partial charge in [0.1, 0.15) is 12.1 Å². The number of benzene rings is 1. The van der Waals surface area contributed by atoms with Crippen molar-refractivity contribution in [3.8, 4) is 0 Å². The SMILES string of the molecule is O=[N+]([O-])c1c(NCc2ccco2)ncnc1N1CCc2c([nH]c3ccccc23)C1. The van der Waals surface area contributed by atoms with Crippen molar-refractivity contribution in [2.24, 2.45) is 0 Å². The topological polar surface area (TPSA) is 113 Å². The van der Waals surface area contributed by atoms with Crippen LogP contribution in [-0.4, -0.2) is 26.4 Å². The first kappa shape index (κ1) is 17.2. The molecule has 9 heteroatoms. The van der Waals surface area contributed by atoms with Gasteiger partial charge in [0.05, 0.1) is 24.3 Å². The van der Waals surface area contributed by atoms with Gasteiger partial charge < -0.3 is 19.6 Å². The third kappa shape index (κ3) is 3.06. The molecule has 4 aromatic rings. The molecule has 0 atom stereocenters. The molecule has 0 spiro atoms. The number of hydrogen-bond acceptors (Lipinski definition) is 7. The van der Waals surface area contributed by atoms with Crippen LogP contribution in [-0.2, 0) is 19.5 Å². The van der Waals surface area contributed by atoms with Crippen molar-refractivity contribution in [2.45, 2.75) is 19.5 Å². The Morgan fingerprint density at radius 2 is 2.14 bits per heavy atom. The molecule has 0 unspecified atom stereocenters. The maximum atomic E-state index is 11.9. The molecule has 9 nitrogen and oxygen atoms in total. The number of nitrogens with zero attached hydrogens (tertiary/aromatic N) is 4. The van der Waals surface area contributed by atoms with Crippen LogP contribution in [0.3, 0.4) is 0 Å². The number of anilines is 2. The van der Waals surface area contributed by atoms with Gasteiger partial charge in [0.2, 0.25) is 11.6 Å². The van der Waals surface area contributed by atoms with E-state index < -0.39 is 4.92 Å². The van der Waals surface area contributed by atoms with Crippen molar-refractivity contribution in [3.63, 3.8) is 0 Å². The summed E-state index contributed by atoms with van der Waals surface area (Å²) < 4.78 is 5.28. The van der Waals surface area contributed by atoms with Crippen molar-refractivity contribution >= 4 is 28.2 Å². The lowest BCUT2D eigenvalue weighted by molar-refractivity contribution is -0.383. The van der Waals surface area contributed by atoms with E-state index in [2.05, 4.69) is 26.3 Å². The average Bonchev–Trinajstić information content (AvgIpc) is 3.38. The van der Waals surface area contributed by atoms with E-state index >= 15 is 0 Å². The van der Waals surface area contributed by atoms with Crippen LogP contribution in [0.2, 0.25) is 0 Å². The van der Waals surface area contributed by atoms with Crippen LogP contribution in [0.15, 0.2) is 53.4 Å². The zero-order chi connectivity index (χ0) is 19.8. The van der Waals surface area contributed by atoms with Crippen molar-refractivity contribution in [2.75, 3.05) is 16.8 Å². The quantitative estimate of drug-likeness (QED) is 0.395. The first-order chi connectivity index (χ1) is 14.2. The highest BCUT2D eigenvalue weighted by Gasteiger charge is 2.30. The highest BCUT2D eigenvalue weighted by molar-refractivity contribution is 5.85.